The van der Waals surface area contributed by atoms with Crippen LogP contribution in [0.1, 0.15) is 23.4 Å². The summed E-state index contributed by atoms with van der Waals surface area (Å²) in [6.07, 6.45) is 0.388. The van der Waals surface area contributed by atoms with Gasteiger partial charge in [-0.3, -0.25) is 9.36 Å². The van der Waals surface area contributed by atoms with Crippen LogP contribution in [-0.2, 0) is 11.2 Å². The first-order valence-electron chi connectivity index (χ1n) is 6.47. The fourth-order valence-electron chi connectivity index (χ4n) is 2.29. The Morgan fingerprint density at radius 1 is 1.29 bits per heavy atom. The predicted octanol–water partition coefficient (Wildman–Crippen LogP) is 2.47. The zero-order valence-electron chi connectivity index (χ0n) is 11.8. The van der Waals surface area contributed by atoms with Gasteiger partial charge in [-0.2, -0.15) is 4.98 Å². The van der Waals surface area contributed by atoms with Gasteiger partial charge in [0.15, 0.2) is 0 Å². The second-order valence-corrected chi connectivity index (χ2v) is 5.99. The molecule has 6 heteroatoms. The summed E-state index contributed by atoms with van der Waals surface area (Å²) in [6.45, 7) is 3.56. The number of benzene rings is 1. The van der Waals surface area contributed by atoms with Crippen LogP contribution < -0.4 is 5.69 Å². The van der Waals surface area contributed by atoms with Crippen LogP contribution in [0.25, 0.3) is 5.69 Å². The Balaban J connectivity index is 2.56. The van der Waals surface area contributed by atoms with E-state index in [1.165, 1.54) is 4.57 Å². The average Bonchev–Trinajstić information content (AvgIpc) is 2.40. The van der Waals surface area contributed by atoms with E-state index in [0.29, 0.717) is 12.1 Å². The van der Waals surface area contributed by atoms with Crippen LogP contribution in [0.5, 0.6) is 0 Å². The molecule has 0 fully saturated rings. The van der Waals surface area contributed by atoms with Crippen LogP contribution in [0.15, 0.2) is 29.1 Å². The molecule has 0 aliphatic carbocycles. The molecule has 1 aromatic heterocycles. The largest absolute Gasteiger partial charge is 0.481 e. The number of aryl methyl sites for hydroxylation is 1. The average molecular weight is 398 g/mol. The molecule has 0 saturated carbocycles. The quantitative estimate of drug-likeness (QED) is 0.804. The Hall–Kier alpha value is -1.70. The SMILES string of the molecule is Cc1nc(=O)n(-c2ccc(I)cc2)c(C)c1CCC(=O)O. The number of rotatable bonds is 4. The Bertz CT molecular complexity index is 736. The monoisotopic (exact) mass is 398 g/mol. The molecule has 0 atom stereocenters. The fourth-order valence-corrected chi connectivity index (χ4v) is 2.65. The summed E-state index contributed by atoms with van der Waals surface area (Å²) in [4.78, 5) is 27.0. The van der Waals surface area contributed by atoms with E-state index in [1.807, 2.05) is 31.2 Å². The van der Waals surface area contributed by atoms with Crippen LogP contribution >= 0.6 is 22.6 Å². The second kappa shape index (κ2) is 6.38. The number of aliphatic carboxylic acids is 1. The van der Waals surface area contributed by atoms with Crippen molar-refractivity contribution >= 4 is 28.6 Å². The summed E-state index contributed by atoms with van der Waals surface area (Å²) in [5.74, 6) is -0.860. The van der Waals surface area contributed by atoms with Crippen molar-refractivity contribution in [3.63, 3.8) is 0 Å². The van der Waals surface area contributed by atoms with Gasteiger partial charge in [-0.05, 0) is 72.7 Å². The number of carboxylic acid groups (broad SMARTS) is 1. The van der Waals surface area contributed by atoms with Gasteiger partial charge in [0, 0.05) is 21.4 Å². The summed E-state index contributed by atoms with van der Waals surface area (Å²) < 4.78 is 2.61. The van der Waals surface area contributed by atoms with Crippen molar-refractivity contribution in [1.82, 2.24) is 9.55 Å². The van der Waals surface area contributed by atoms with Crippen LogP contribution in [-0.4, -0.2) is 20.6 Å². The van der Waals surface area contributed by atoms with E-state index < -0.39 is 5.97 Å². The van der Waals surface area contributed by atoms with Gasteiger partial charge in [-0.25, -0.2) is 4.79 Å². The zero-order chi connectivity index (χ0) is 15.6. The number of nitrogens with zero attached hydrogens (tertiary/aromatic N) is 2. The number of halogens is 1. The summed E-state index contributed by atoms with van der Waals surface area (Å²) in [7, 11) is 0. The lowest BCUT2D eigenvalue weighted by molar-refractivity contribution is -0.136. The molecule has 0 aliphatic rings. The Labute approximate surface area is 135 Å². The number of aromatic nitrogens is 2. The second-order valence-electron chi connectivity index (χ2n) is 4.75. The molecule has 1 aromatic carbocycles. The molecule has 0 spiro atoms. The molecule has 0 radical (unpaired) electrons. The van der Waals surface area contributed by atoms with Crippen molar-refractivity contribution in [3.05, 3.63) is 55.3 Å². The van der Waals surface area contributed by atoms with Gasteiger partial charge >= 0.3 is 11.7 Å². The number of hydrogen-bond donors (Lipinski definition) is 1. The smallest absolute Gasteiger partial charge is 0.352 e. The molecule has 2 aromatic rings. The molecule has 0 amide bonds. The van der Waals surface area contributed by atoms with E-state index >= 15 is 0 Å². The normalized spacial score (nSPS) is 10.6. The Morgan fingerprint density at radius 3 is 2.48 bits per heavy atom. The lowest BCUT2D eigenvalue weighted by Gasteiger charge is -2.15. The highest BCUT2D eigenvalue weighted by molar-refractivity contribution is 14.1. The van der Waals surface area contributed by atoms with E-state index in [0.717, 1.165) is 20.5 Å². The lowest BCUT2D eigenvalue weighted by atomic mass is 10.1. The van der Waals surface area contributed by atoms with Crippen molar-refractivity contribution < 1.29 is 9.90 Å². The van der Waals surface area contributed by atoms with Crippen molar-refractivity contribution in [2.24, 2.45) is 0 Å². The van der Waals surface area contributed by atoms with Crippen LogP contribution in [0.3, 0.4) is 0 Å². The first-order chi connectivity index (χ1) is 9.90. The summed E-state index contributed by atoms with van der Waals surface area (Å²) >= 11 is 2.20. The highest BCUT2D eigenvalue weighted by Crippen LogP contribution is 2.17. The van der Waals surface area contributed by atoms with Crippen LogP contribution in [0, 0.1) is 17.4 Å². The maximum atomic E-state index is 12.2. The minimum Gasteiger partial charge on any atom is -0.481 e. The predicted molar refractivity (Wildman–Crippen MR) is 88.0 cm³/mol. The minimum atomic E-state index is -0.860. The maximum absolute atomic E-state index is 12.2. The number of hydrogen-bond acceptors (Lipinski definition) is 3. The molecule has 0 bridgehead atoms. The molecule has 1 N–H and O–H groups in total. The van der Waals surface area contributed by atoms with Crippen molar-refractivity contribution in [2.45, 2.75) is 26.7 Å². The van der Waals surface area contributed by atoms with Gasteiger partial charge < -0.3 is 5.11 Å². The van der Waals surface area contributed by atoms with Crippen molar-refractivity contribution in [2.75, 3.05) is 0 Å². The van der Waals surface area contributed by atoms with E-state index in [4.69, 9.17) is 5.11 Å². The lowest BCUT2D eigenvalue weighted by Crippen LogP contribution is -2.26. The van der Waals surface area contributed by atoms with E-state index in [1.54, 1.807) is 6.92 Å². The summed E-state index contributed by atoms with van der Waals surface area (Å²) in [6, 6.07) is 7.54. The van der Waals surface area contributed by atoms with E-state index in [-0.39, 0.29) is 12.1 Å². The summed E-state index contributed by atoms with van der Waals surface area (Å²) in [5.41, 5.74) is 2.55. The van der Waals surface area contributed by atoms with E-state index in [2.05, 4.69) is 27.6 Å². The van der Waals surface area contributed by atoms with Crippen molar-refractivity contribution in [3.8, 4) is 5.69 Å². The van der Waals surface area contributed by atoms with Gasteiger partial charge in [-0.15, -0.1) is 0 Å². The molecule has 21 heavy (non-hydrogen) atoms. The standard InChI is InChI=1S/C15H15IN2O3/c1-9-13(7-8-14(19)20)10(2)18(15(21)17-9)12-5-3-11(16)4-6-12/h3-6H,7-8H2,1-2H3,(H,19,20). The fraction of sp³-hybridized carbons (Fsp3) is 0.267. The van der Waals surface area contributed by atoms with Gasteiger partial charge in [0.05, 0.1) is 5.69 Å². The molecule has 110 valence electrons. The topological polar surface area (TPSA) is 72.2 Å². The third-order valence-electron chi connectivity index (χ3n) is 3.34. The highest BCUT2D eigenvalue weighted by atomic mass is 127. The van der Waals surface area contributed by atoms with E-state index in [9.17, 15) is 9.59 Å². The summed E-state index contributed by atoms with van der Waals surface area (Å²) in [5, 5.41) is 8.84. The third kappa shape index (κ3) is 3.49. The Morgan fingerprint density at radius 2 is 1.90 bits per heavy atom. The van der Waals surface area contributed by atoms with Gasteiger partial charge in [0.1, 0.15) is 0 Å². The third-order valence-corrected chi connectivity index (χ3v) is 4.06. The van der Waals surface area contributed by atoms with Crippen LogP contribution in [0.2, 0.25) is 0 Å². The molecule has 0 saturated heterocycles. The molecule has 5 nitrogen and oxygen atoms in total. The molecular formula is C15H15IN2O3. The van der Waals surface area contributed by atoms with Gasteiger partial charge in [0.25, 0.3) is 0 Å². The van der Waals surface area contributed by atoms with Crippen molar-refractivity contribution in [1.29, 1.82) is 0 Å². The maximum Gasteiger partial charge on any atom is 0.352 e. The highest BCUT2D eigenvalue weighted by Gasteiger charge is 2.13. The molecule has 2 rings (SSSR count). The molecule has 0 aliphatic heterocycles. The minimum absolute atomic E-state index is 0.0221. The molecule has 0 unspecified atom stereocenters. The van der Waals surface area contributed by atoms with Crippen LogP contribution in [0.4, 0.5) is 0 Å². The van der Waals surface area contributed by atoms with Gasteiger partial charge in [0.2, 0.25) is 0 Å². The Kier molecular flexibility index (Phi) is 4.76. The van der Waals surface area contributed by atoms with Gasteiger partial charge in [-0.1, -0.05) is 0 Å². The first kappa shape index (κ1) is 15.7. The molecular weight excluding hydrogens is 383 g/mol. The number of carboxylic acids is 1. The zero-order valence-corrected chi connectivity index (χ0v) is 13.9. The molecule has 1 heterocycles. The number of carbonyl (C=O) groups is 1. The first-order valence-corrected chi connectivity index (χ1v) is 7.55.